The summed E-state index contributed by atoms with van der Waals surface area (Å²) in [5, 5.41) is 21.6. The minimum Gasteiger partial charge on any atom is -0.456 e. The Morgan fingerprint density at radius 1 is 0.714 bits per heavy atom. The highest BCUT2D eigenvalue weighted by Gasteiger charge is 2.21. The number of rotatable bonds is 4. The van der Waals surface area contributed by atoms with Crippen LogP contribution in [0.5, 0.6) is 0 Å². The van der Waals surface area contributed by atoms with Crippen LogP contribution in [0.4, 0.5) is 0 Å². The van der Waals surface area contributed by atoms with Crippen LogP contribution in [-0.4, -0.2) is 32.1 Å². The second-order valence-corrected chi connectivity index (χ2v) is 8.26. The molecule has 0 atom stereocenters. The number of benzene rings is 3. The van der Waals surface area contributed by atoms with E-state index in [0.717, 1.165) is 21.7 Å². The largest absolute Gasteiger partial charge is 0.488 e. The summed E-state index contributed by atoms with van der Waals surface area (Å²) in [6.07, 6.45) is 6.10. The van der Waals surface area contributed by atoms with Crippen molar-refractivity contribution in [2.45, 2.75) is 6.42 Å². The summed E-state index contributed by atoms with van der Waals surface area (Å²) in [5.74, 6) is 1.60. The SMILES string of the molecule is OB(O)C1=c2oc3c(-c4nc(-c5ccccc5)nc(-c5ccccc5)n4)cccc3c2=CC=CC1. The number of aromatic nitrogens is 3. The van der Waals surface area contributed by atoms with Gasteiger partial charge in [0.2, 0.25) is 0 Å². The second kappa shape index (κ2) is 8.79. The summed E-state index contributed by atoms with van der Waals surface area (Å²) in [5.41, 5.74) is 3.94. The molecule has 35 heavy (non-hydrogen) atoms. The maximum absolute atomic E-state index is 9.96. The van der Waals surface area contributed by atoms with Gasteiger partial charge in [-0.2, -0.15) is 0 Å². The highest BCUT2D eigenvalue weighted by molar-refractivity contribution is 6.63. The minimum atomic E-state index is -1.61. The van der Waals surface area contributed by atoms with Crippen LogP contribution in [0, 0.1) is 0 Å². The van der Waals surface area contributed by atoms with E-state index in [1.54, 1.807) is 0 Å². The molecule has 0 amide bonds. The molecule has 0 unspecified atom stereocenters. The van der Waals surface area contributed by atoms with Crippen molar-refractivity contribution >= 4 is 29.6 Å². The zero-order valence-corrected chi connectivity index (χ0v) is 18.7. The number of para-hydroxylation sites is 1. The van der Waals surface area contributed by atoms with Gasteiger partial charge in [0, 0.05) is 27.2 Å². The van der Waals surface area contributed by atoms with Crippen LogP contribution in [-0.2, 0) is 0 Å². The quantitative estimate of drug-likeness (QED) is 0.402. The van der Waals surface area contributed by atoms with Crippen LogP contribution in [0.25, 0.3) is 56.7 Å². The van der Waals surface area contributed by atoms with E-state index >= 15 is 0 Å². The van der Waals surface area contributed by atoms with Crippen molar-refractivity contribution < 1.29 is 14.5 Å². The molecule has 0 saturated carbocycles. The van der Waals surface area contributed by atoms with E-state index in [4.69, 9.17) is 19.4 Å². The molecule has 6 rings (SSSR count). The van der Waals surface area contributed by atoms with Gasteiger partial charge in [-0.25, -0.2) is 15.0 Å². The fraction of sp³-hybridized carbons (Fsp3) is 0.0357. The standard InChI is InChI=1S/C28H20BN3O3/c33-29(34)23-17-8-7-14-21-20-15-9-16-22(24(20)35-25(21)23)28-31-26(18-10-3-1-4-11-18)30-27(32-28)19-12-5-2-6-13-19/h1-16,33-34H,17H2. The van der Waals surface area contributed by atoms with Crippen molar-refractivity contribution in [3.8, 4) is 34.2 Å². The molecule has 2 heterocycles. The summed E-state index contributed by atoms with van der Waals surface area (Å²) in [6, 6.07) is 25.4. The minimum absolute atomic E-state index is 0.387. The number of fused-ring (bicyclic) bond motifs is 3. The molecule has 0 saturated heterocycles. The molecule has 0 fully saturated rings. The van der Waals surface area contributed by atoms with Gasteiger partial charge in [0.25, 0.3) is 0 Å². The van der Waals surface area contributed by atoms with E-state index in [1.165, 1.54) is 0 Å². The molecular formula is C28H20BN3O3. The smallest absolute Gasteiger partial charge is 0.456 e. The summed E-state index contributed by atoms with van der Waals surface area (Å²) < 4.78 is 6.29. The van der Waals surface area contributed by atoms with Crippen molar-refractivity contribution in [3.05, 3.63) is 102 Å². The maximum atomic E-state index is 9.96. The summed E-state index contributed by atoms with van der Waals surface area (Å²) in [4.78, 5) is 14.4. The first-order chi connectivity index (χ1) is 17.2. The highest BCUT2D eigenvalue weighted by Crippen LogP contribution is 2.28. The molecule has 168 valence electrons. The first kappa shape index (κ1) is 21.2. The maximum Gasteiger partial charge on any atom is 0.488 e. The van der Waals surface area contributed by atoms with Crippen LogP contribution in [0.15, 0.2) is 95.4 Å². The van der Waals surface area contributed by atoms with E-state index in [2.05, 4.69) is 0 Å². The van der Waals surface area contributed by atoms with Gasteiger partial charge >= 0.3 is 7.12 Å². The lowest BCUT2D eigenvalue weighted by Crippen LogP contribution is -2.29. The molecule has 7 heteroatoms. The molecule has 0 bridgehead atoms. The monoisotopic (exact) mass is 457 g/mol. The lowest BCUT2D eigenvalue weighted by Gasteiger charge is -2.08. The Morgan fingerprint density at radius 2 is 1.34 bits per heavy atom. The molecule has 0 spiro atoms. The molecule has 1 aliphatic carbocycles. The van der Waals surface area contributed by atoms with Gasteiger partial charge < -0.3 is 14.5 Å². The molecule has 2 N–H and O–H groups in total. The topological polar surface area (TPSA) is 92.3 Å². The van der Waals surface area contributed by atoms with E-state index in [1.807, 2.05) is 97.1 Å². The predicted molar refractivity (Wildman–Crippen MR) is 137 cm³/mol. The molecule has 1 aliphatic rings. The Labute approximate surface area is 201 Å². The van der Waals surface area contributed by atoms with Crippen LogP contribution < -0.4 is 10.6 Å². The van der Waals surface area contributed by atoms with Crippen molar-refractivity contribution in [1.29, 1.82) is 0 Å². The molecule has 2 aromatic heterocycles. The normalized spacial score (nSPS) is 12.8. The number of nitrogens with zero attached hydrogens (tertiary/aromatic N) is 3. The van der Waals surface area contributed by atoms with Crippen LogP contribution >= 0.6 is 0 Å². The Morgan fingerprint density at radius 3 is 1.97 bits per heavy atom. The molecular weight excluding hydrogens is 437 g/mol. The zero-order chi connectivity index (χ0) is 23.8. The van der Waals surface area contributed by atoms with Crippen molar-refractivity contribution in [2.24, 2.45) is 0 Å². The Bertz CT molecular complexity index is 1640. The summed E-state index contributed by atoms with van der Waals surface area (Å²) >= 11 is 0. The average Bonchev–Trinajstić information content (AvgIpc) is 3.13. The Kier molecular flexibility index (Phi) is 5.33. The van der Waals surface area contributed by atoms with Gasteiger partial charge in [-0.3, -0.25) is 0 Å². The molecule has 0 radical (unpaired) electrons. The Balaban J connectivity index is 1.65. The van der Waals surface area contributed by atoms with Gasteiger partial charge in [0.05, 0.1) is 5.56 Å². The van der Waals surface area contributed by atoms with E-state index in [-0.39, 0.29) is 0 Å². The lowest BCUT2D eigenvalue weighted by molar-refractivity contribution is 0.423. The van der Waals surface area contributed by atoms with Crippen LogP contribution in [0.2, 0.25) is 0 Å². The molecule has 0 aliphatic heterocycles. The molecule has 6 nitrogen and oxygen atoms in total. The van der Waals surface area contributed by atoms with Gasteiger partial charge in [-0.15, -0.1) is 0 Å². The second-order valence-electron chi connectivity index (χ2n) is 8.26. The van der Waals surface area contributed by atoms with Crippen molar-refractivity contribution in [3.63, 3.8) is 0 Å². The summed E-state index contributed by atoms with van der Waals surface area (Å²) in [7, 11) is -1.61. The number of hydrogen-bond donors (Lipinski definition) is 2. The van der Waals surface area contributed by atoms with Crippen LogP contribution in [0.1, 0.15) is 6.42 Å². The van der Waals surface area contributed by atoms with Gasteiger partial charge in [0.1, 0.15) is 11.0 Å². The van der Waals surface area contributed by atoms with Gasteiger partial charge in [-0.05, 0) is 12.5 Å². The predicted octanol–water partition coefficient (Wildman–Crippen LogP) is 3.52. The van der Waals surface area contributed by atoms with Gasteiger partial charge in [-0.1, -0.05) is 91.0 Å². The first-order valence-electron chi connectivity index (χ1n) is 11.3. The van der Waals surface area contributed by atoms with Gasteiger partial charge in [0.15, 0.2) is 17.5 Å². The van der Waals surface area contributed by atoms with Crippen molar-refractivity contribution in [1.82, 2.24) is 15.0 Å². The fourth-order valence-corrected chi connectivity index (χ4v) is 4.32. The highest BCUT2D eigenvalue weighted by atomic mass is 16.4. The third-order valence-corrected chi connectivity index (χ3v) is 6.03. The zero-order valence-electron chi connectivity index (χ0n) is 18.7. The summed E-state index contributed by atoms with van der Waals surface area (Å²) in [6.45, 7) is 0. The van der Waals surface area contributed by atoms with E-state index in [0.29, 0.717) is 45.9 Å². The molecule has 5 aromatic rings. The lowest BCUT2D eigenvalue weighted by atomic mass is 9.77. The Hall–Kier alpha value is -4.33. The average molecular weight is 457 g/mol. The van der Waals surface area contributed by atoms with E-state index in [9.17, 15) is 10.0 Å². The van der Waals surface area contributed by atoms with E-state index < -0.39 is 7.12 Å². The van der Waals surface area contributed by atoms with Crippen LogP contribution in [0.3, 0.4) is 0 Å². The first-order valence-corrected chi connectivity index (χ1v) is 11.3. The molecule has 3 aromatic carbocycles. The van der Waals surface area contributed by atoms with Crippen molar-refractivity contribution in [2.75, 3.05) is 0 Å². The number of allylic oxidation sites excluding steroid dienone is 2. The number of hydrogen-bond acceptors (Lipinski definition) is 6. The third kappa shape index (κ3) is 3.87. The fourth-order valence-electron chi connectivity index (χ4n) is 4.32. The third-order valence-electron chi connectivity index (χ3n) is 6.03. The number of furan rings is 1.